The fourth-order valence-corrected chi connectivity index (χ4v) is 4.86. The number of nitrogens with zero attached hydrogens (tertiary/aromatic N) is 2. The van der Waals surface area contributed by atoms with E-state index in [0.717, 1.165) is 38.2 Å². The van der Waals surface area contributed by atoms with Crippen LogP contribution in [-0.4, -0.2) is 44.2 Å². The Hall–Kier alpha value is -3.53. The van der Waals surface area contributed by atoms with Crippen molar-refractivity contribution in [3.63, 3.8) is 0 Å². The summed E-state index contributed by atoms with van der Waals surface area (Å²) in [5.41, 5.74) is 0.564. The number of hydrogen-bond acceptors (Lipinski definition) is 8. The van der Waals surface area contributed by atoms with Crippen molar-refractivity contribution < 1.29 is 29.3 Å². The van der Waals surface area contributed by atoms with Gasteiger partial charge in [0.25, 0.3) is 0 Å². The van der Waals surface area contributed by atoms with Crippen LogP contribution in [0.4, 0.5) is 11.5 Å². The number of benzene rings is 1. The fourth-order valence-electron chi connectivity index (χ4n) is 3.83. The first-order valence-corrected chi connectivity index (χ1v) is 11.0. The van der Waals surface area contributed by atoms with Crippen molar-refractivity contribution in [2.45, 2.75) is 45.1 Å². The number of carboxylic acid groups (broad SMARTS) is 2. The quantitative estimate of drug-likeness (QED) is 0.454. The zero-order valence-electron chi connectivity index (χ0n) is 17.3. The summed E-state index contributed by atoms with van der Waals surface area (Å²) in [6, 6.07) is 3.73. The molecule has 1 aliphatic rings. The van der Waals surface area contributed by atoms with E-state index in [4.69, 9.17) is 4.74 Å². The van der Waals surface area contributed by atoms with Crippen LogP contribution in [0, 0.1) is 6.92 Å². The molecule has 1 aromatic carbocycles. The molecule has 2 heterocycles. The van der Waals surface area contributed by atoms with Gasteiger partial charge in [-0.1, -0.05) is 6.42 Å². The molecule has 32 heavy (non-hydrogen) atoms. The van der Waals surface area contributed by atoms with Gasteiger partial charge in [-0.3, -0.25) is 0 Å². The Morgan fingerprint density at radius 2 is 1.69 bits per heavy atom. The van der Waals surface area contributed by atoms with E-state index in [9.17, 15) is 24.6 Å². The molecule has 0 atom stereocenters. The first-order chi connectivity index (χ1) is 15.3. The average Bonchev–Trinajstić information content (AvgIpc) is 3.12. The molecule has 0 aliphatic heterocycles. The highest BCUT2D eigenvalue weighted by Gasteiger charge is 2.24. The van der Waals surface area contributed by atoms with E-state index in [0.29, 0.717) is 26.5 Å². The number of aromatic nitrogens is 2. The van der Waals surface area contributed by atoms with Gasteiger partial charge in [0.1, 0.15) is 28.0 Å². The summed E-state index contributed by atoms with van der Waals surface area (Å²) in [6.07, 6.45) is 6.26. The van der Waals surface area contributed by atoms with Gasteiger partial charge in [0.05, 0.1) is 16.5 Å². The Bertz CT molecular complexity index is 1180. The lowest BCUT2D eigenvalue weighted by Gasteiger charge is -2.21. The van der Waals surface area contributed by atoms with E-state index in [1.807, 2.05) is 0 Å². The van der Waals surface area contributed by atoms with Gasteiger partial charge in [-0.25, -0.2) is 24.4 Å². The number of rotatable bonds is 6. The Balaban J connectivity index is 1.68. The van der Waals surface area contributed by atoms with Crippen LogP contribution < -0.4 is 5.32 Å². The number of hydrogen-bond donors (Lipinski definition) is 3. The first kappa shape index (κ1) is 21.7. The molecule has 1 aliphatic carbocycles. The number of fused-ring (bicyclic) bond motifs is 1. The number of nitrogens with one attached hydrogen (secondary N) is 1. The van der Waals surface area contributed by atoms with Crippen LogP contribution in [0.3, 0.4) is 0 Å². The van der Waals surface area contributed by atoms with E-state index >= 15 is 0 Å². The lowest BCUT2D eigenvalue weighted by Crippen LogP contribution is -2.20. The normalized spacial score (nSPS) is 14.3. The minimum absolute atomic E-state index is 0.0715. The third kappa shape index (κ3) is 4.40. The number of aryl methyl sites for hydroxylation is 1. The molecule has 9 nitrogen and oxygen atoms in total. The third-order valence-corrected chi connectivity index (χ3v) is 6.61. The molecule has 3 aromatic rings. The average molecular weight is 455 g/mol. The standard InChI is InChI=1S/C22H21N3O6S/c1-11-16-18(25-14-8-12(20(26)27)7-13(9-14)21(28)29)23-10-24-19(16)32-17(11)22(30)31-15-5-3-2-4-6-15/h7-10,15H,2-6H2,1H3,(H,26,27)(H,28,29)(H,23,24,25). The fraction of sp³-hybridized carbons (Fsp3) is 0.318. The molecular formula is C22H21N3O6S. The number of esters is 1. The summed E-state index contributed by atoms with van der Waals surface area (Å²) < 4.78 is 5.70. The lowest BCUT2D eigenvalue weighted by molar-refractivity contribution is 0.0216. The van der Waals surface area contributed by atoms with E-state index in [1.54, 1.807) is 6.92 Å². The van der Waals surface area contributed by atoms with Crippen molar-refractivity contribution in [1.29, 1.82) is 0 Å². The van der Waals surface area contributed by atoms with Crippen molar-refractivity contribution in [2.24, 2.45) is 0 Å². The minimum atomic E-state index is -1.25. The van der Waals surface area contributed by atoms with Crippen LogP contribution in [0.5, 0.6) is 0 Å². The van der Waals surface area contributed by atoms with Crippen LogP contribution in [0.15, 0.2) is 24.5 Å². The van der Waals surface area contributed by atoms with E-state index in [2.05, 4.69) is 15.3 Å². The molecular weight excluding hydrogens is 434 g/mol. The molecule has 3 N–H and O–H groups in total. The second kappa shape index (κ2) is 8.91. The molecule has 0 bridgehead atoms. The molecule has 4 rings (SSSR count). The predicted molar refractivity (Wildman–Crippen MR) is 118 cm³/mol. The Labute approximate surface area is 187 Å². The molecule has 1 fully saturated rings. The maximum atomic E-state index is 12.8. The number of ether oxygens (including phenoxy) is 1. The van der Waals surface area contributed by atoms with Crippen molar-refractivity contribution in [3.8, 4) is 0 Å². The van der Waals surface area contributed by atoms with Crippen LogP contribution in [-0.2, 0) is 4.74 Å². The first-order valence-electron chi connectivity index (χ1n) is 10.2. The van der Waals surface area contributed by atoms with E-state index < -0.39 is 11.9 Å². The van der Waals surface area contributed by atoms with Gasteiger partial charge < -0.3 is 20.3 Å². The maximum absolute atomic E-state index is 12.8. The second-order valence-electron chi connectivity index (χ2n) is 7.66. The van der Waals surface area contributed by atoms with Crippen molar-refractivity contribution in [1.82, 2.24) is 9.97 Å². The van der Waals surface area contributed by atoms with Gasteiger partial charge in [-0.2, -0.15) is 0 Å². The third-order valence-electron chi connectivity index (χ3n) is 5.43. The molecule has 0 spiro atoms. The number of thiophene rings is 1. The van der Waals surface area contributed by atoms with E-state index in [-0.39, 0.29) is 28.9 Å². The topological polar surface area (TPSA) is 139 Å². The number of carbonyl (C=O) groups is 3. The molecule has 1 saturated carbocycles. The highest BCUT2D eigenvalue weighted by atomic mass is 32.1. The Kier molecular flexibility index (Phi) is 6.04. The molecule has 0 saturated heterocycles. The van der Waals surface area contributed by atoms with Gasteiger partial charge in [0, 0.05) is 5.69 Å². The van der Waals surface area contributed by atoms with Gasteiger partial charge >= 0.3 is 17.9 Å². The van der Waals surface area contributed by atoms with Crippen LogP contribution in [0.1, 0.15) is 68.1 Å². The highest BCUT2D eigenvalue weighted by molar-refractivity contribution is 7.20. The van der Waals surface area contributed by atoms with Gasteiger partial charge in [0.2, 0.25) is 0 Å². The number of aromatic carboxylic acids is 2. The Morgan fingerprint density at radius 3 is 2.31 bits per heavy atom. The molecule has 10 heteroatoms. The van der Waals surface area contributed by atoms with Crippen molar-refractivity contribution in [2.75, 3.05) is 5.32 Å². The Morgan fingerprint density at radius 1 is 1.03 bits per heavy atom. The number of carboxylic acids is 2. The van der Waals surface area contributed by atoms with Crippen molar-refractivity contribution in [3.05, 3.63) is 46.1 Å². The van der Waals surface area contributed by atoms with Crippen LogP contribution in [0.2, 0.25) is 0 Å². The highest BCUT2D eigenvalue weighted by Crippen LogP contribution is 2.35. The summed E-state index contributed by atoms with van der Waals surface area (Å²) >= 11 is 1.21. The summed E-state index contributed by atoms with van der Waals surface area (Å²) in [7, 11) is 0. The minimum Gasteiger partial charge on any atom is -0.478 e. The summed E-state index contributed by atoms with van der Waals surface area (Å²) in [5.74, 6) is -2.53. The lowest BCUT2D eigenvalue weighted by atomic mass is 9.98. The maximum Gasteiger partial charge on any atom is 0.348 e. The van der Waals surface area contributed by atoms with Gasteiger partial charge in [-0.15, -0.1) is 11.3 Å². The van der Waals surface area contributed by atoms with Gasteiger partial charge in [0.15, 0.2) is 0 Å². The molecule has 0 unspecified atom stereocenters. The summed E-state index contributed by atoms with van der Waals surface area (Å²) in [6.45, 7) is 1.78. The molecule has 2 aromatic heterocycles. The van der Waals surface area contributed by atoms with Gasteiger partial charge in [-0.05, 0) is 56.4 Å². The monoisotopic (exact) mass is 455 g/mol. The summed E-state index contributed by atoms with van der Waals surface area (Å²) in [5, 5.41) is 22.2. The molecule has 166 valence electrons. The SMILES string of the molecule is Cc1c(C(=O)OC2CCCCC2)sc2ncnc(Nc3cc(C(=O)O)cc(C(=O)O)c3)c12. The molecule has 0 radical (unpaired) electrons. The number of carbonyl (C=O) groups excluding carboxylic acids is 1. The second-order valence-corrected chi connectivity index (χ2v) is 8.66. The summed E-state index contributed by atoms with van der Waals surface area (Å²) in [4.78, 5) is 45.1. The van der Waals surface area contributed by atoms with E-state index in [1.165, 1.54) is 29.8 Å². The molecule has 0 amide bonds. The van der Waals surface area contributed by atoms with Crippen LogP contribution in [0.25, 0.3) is 10.2 Å². The van der Waals surface area contributed by atoms with Crippen LogP contribution >= 0.6 is 11.3 Å². The van der Waals surface area contributed by atoms with Crippen molar-refractivity contribution >= 4 is 51.0 Å². The zero-order chi connectivity index (χ0) is 22.8. The largest absolute Gasteiger partial charge is 0.478 e. The smallest absolute Gasteiger partial charge is 0.348 e. The predicted octanol–water partition coefficient (Wildman–Crippen LogP) is 4.63. The number of anilines is 2. The zero-order valence-corrected chi connectivity index (χ0v) is 18.1.